The molecule has 3 amide bonds. The molecule has 0 aliphatic heterocycles. The molecule has 0 heterocycles. The van der Waals surface area contributed by atoms with Gasteiger partial charge >= 0.3 is 0 Å². The predicted molar refractivity (Wildman–Crippen MR) is 129 cm³/mol. The lowest BCUT2D eigenvalue weighted by Gasteiger charge is -2.18. The molecular formula is C24H30N4O5S. The van der Waals surface area contributed by atoms with Crippen LogP contribution < -0.4 is 16.0 Å². The maximum absolute atomic E-state index is 12.6. The first kappa shape index (κ1) is 25.4. The van der Waals surface area contributed by atoms with E-state index < -0.39 is 15.9 Å². The van der Waals surface area contributed by atoms with Crippen molar-refractivity contribution in [1.29, 1.82) is 0 Å². The molecular weight excluding hydrogens is 456 g/mol. The van der Waals surface area contributed by atoms with Gasteiger partial charge in [0.05, 0.1) is 4.90 Å². The molecule has 0 radical (unpaired) electrons. The number of hydrogen-bond acceptors (Lipinski definition) is 5. The predicted octanol–water partition coefficient (Wildman–Crippen LogP) is 2.23. The van der Waals surface area contributed by atoms with E-state index in [2.05, 4.69) is 16.0 Å². The van der Waals surface area contributed by atoms with E-state index in [1.807, 2.05) is 0 Å². The van der Waals surface area contributed by atoms with Gasteiger partial charge in [-0.1, -0.05) is 13.8 Å². The maximum Gasteiger partial charge on any atom is 0.255 e. The van der Waals surface area contributed by atoms with Gasteiger partial charge in [-0.2, -0.15) is 4.31 Å². The lowest BCUT2D eigenvalue weighted by Crippen LogP contribution is -2.35. The molecule has 0 saturated heterocycles. The molecule has 10 heteroatoms. The summed E-state index contributed by atoms with van der Waals surface area (Å²) in [7, 11) is -3.59. The Morgan fingerprint density at radius 3 is 1.91 bits per heavy atom. The molecule has 9 nitrogen and oxygen atoms in total. The van der Waals surface area contributed by atoms with E-state index in [-0.39, 0.29) is 22.6 Å². The van der Waals surface area contributed by atoms with Crippen molar-refractivity contribution in [2.75, 3.05) is 31.5 Å². The Balaban J connectivity index is 1.52. The summed E-state index contributed by atoms with van der Waals surface area (Å²) in [6.07, 6.45) is 1.87. The molecule has 1 aliphatic carbocycles. The fourth-order valence-electron chi connectivity index (χ4n) is 3.35. The van der Waals surface area contributed by atoms with Crippen molar-refractivity contribution in [3.63, 3.8) is 0 Å². The quantitative estimate of drug-likeness (QED) is 0.420. The number of nitrogens with one attached hydrogen (secondary N) is 3. The number of rotatable bonds is 11. The number of amides is 3. The third-order valence-corrected chi connectivity index (χ3v) is 7.59. The second-order valence-electron chi connectivity index (χ2n) is 7.97. The van der Waals surface area contributed by atoms with Gasteiger partial charge in [-0.15, -0.1) is 0 Å². The van der Waals surface area contributed by atoms with Crippen LogP contribution in [0.1, 0.15) is 47.4 Å². The Hall–Kier alpha value is -3.24. The summed E-state index contributed by atoms with van der Waals surface area (Å²) in [5.41, 5.74) is 1.24. The number of carbonyl (C=O) groups excluding carboxylic acids is 3. The molecule has 0 spiro atoms. The van der Waals surface area contributed by atoms with Crippen LogP contribution in [-0.2, 0) is 14.8 Å². The summed E-state index contributed by atoms with van der Waals surface area (Å²) in [5.74, 6) is -0.495. The van der Waals surface area contributed by atoms with E-state index in [1.165, 1.54) is 28.6 Å². The van der Waals surface area contributed by atoms with Crippen LogP contribution in [0.25, 0.3) is 0 Å². The van der Waals surface area contributed by atoms with Crippen molar-refractivity contribution in [3.8, 4) is 0 Å². The van der Waals surface area contributed by atoms with Gasteiger partial charge in [-0.3, -0.25) is 14.4 Å². The van der Waals surface area contributed by atoms with Gasteiger partial charge < -0.3 is 16.0 Å². The van der Waals surface area contributed by atoms with E-state index in [1.54, 1.807) is 38.1 Å². The normalized spacial score (nSPS) is 13.4. The van der Waals surface area contributed by atoms with Crippen molar-refractivity contribution in [2.45, 2.75) is 31.6 Å². The van der Waals surface area contributed by atoms with E-state index in [9.17, 15) is 22.8 Å². The third kappa shape index (κ3) is 6.42. The highest BCUT2D eigenvalue weighted by atomic mass is 32.2. The van der Waals surface area contributed by atoms with Gasteiger partial charge in [0.1, 0.15) is 0 Å². The van der Waals surface area contributed by atoms with Crippen molar-refractivity contribution >= 4 is 33.4 Å². The van der Waals surface area contributed by atoms with E-state index in [0.717, 1.165) is 12.8 Å². The van der Waals surface area contributed by atoms with Crippen molar-refractivity contribution in [3.05, 3.63) is 59.7 Å². The first-order valence-electron chi connectivity index (χ1n) is 11.3. The Morgan fingerprint density at radius 1 is 0.824 bits per heavy atom. The van der Waals surface area contributed by atoms with Gasteiger partial charge in [0, 0.05) is 48.9 Å². The van der Waals surface area contributed by atoms with Crippen LogP contribution in [0, 0.1) is 5.92 Å². The van der Waals surface area contributed by atoms with Gasteiger partial charge in [0.15, 0.2) is 0 Å². The van der Waals surface area contributed by atoms with Crippen molar-refractivity contribution in [2.24, 2.45) is 5.92 Å². The minimum absolute atomic E-state index is 0.0366. The molecule has 182 valence electrons. The lowest BCUT2D eigenvalue weighted by atomic mass is 10.1. The molecule has 3 N–H and O–H groups in total. The summed E-state index contributed by atoms with van der Waals surface area (Å²) in [4.78, 5) is 36.5. The van der Waals surface area contributed by atoms with E-state index in [0.29, 0.717) is 43.0 Å². The molecule has 0 aromatic heterocycles. The van der Waals surface area contributed by atoms with Crippen LogP contribution in [0.3, 0.4) is 0 Å². The van der Waals surface area contributed by atoms with Crippen LogP contribution in [0.2, 0.25) is 0 Å². The monoisotopic (exact) mass is 486 g/mol. The molecule has 1 aliphatic rings. The third-order valence-electron chi connectivity index (χ3n) is 5.52. The molecule has 0 atom stereocenters. The molecule has 34 heavy (non-hydrogen) atoms. The first-order valence-corrected chi connectivity index (χ1v) is 12.8. The molecule has 2 aromatic rings. The van der Waals surface area contributed by atoms with Crippen molar-refractivity contribution in [1.82, 2.24) is 14.9 Å². The zero-order valence-electron chi connectivity index (χ0n) is 19.3. The van der Waals surface area contributed by atoms with Gasteiger partial charge in [0.25, 0.3) is 11.8 Å². The molecule has 2 aromatic carbocycles. The Kier molecular flexibility index (Phi) is 8.41. The second kappa shape index (κ2) is 11.3. The fraction of sp³-hybridized carbons (Fsp3) is 0.375. The van der Waals surface area contributed by atoms with Gasteiger partial charge in [-0.25, -0.2) is 8.42 Å². The summed E-state index contributed by atoms with van der Waals surface area (Å²) in [6.45, 7) is 4.98. The number of sulfonamides is 1. The summed E-state index contributed by atoms with van der Waals surface area (Å²) in [6, 6.07) is 12.2. The average Bonchev–Trinajstić information content (AvgIpc) is 3.68. The smallest absolute Gasteiger partial charge is 0.255 e. The molecule has 0 bridgehead atoms. The van der Waals surface area contributed by atoms with E-state index >= 15 is 0 Å². The topological polar surface area (TPSA) is 125 Å². The number of benzene rings is 2. The summed E-state index contributed by atoms with van der Waals surface area (Å²) in [5, 5.41) is 8.25. The fourth-order valence-corrected chi connectivity index (χ4v) is 4.81. The Morgan fingerprint density at radius 2 is 1.35 bits per heavy atom. The zero-order valence-corrected chi connectivity index (χ0v) is 20.2. The minimum Gasteiger partial charge on any atom is -0.354 e. The number of carbonyl (C=O) groups is 3. The highest BCUT2D eigenvalue weighted by molar-refractivity contribution is 7.89. The van der Waals surface area contributed by atoms with Crippen molar-refractivity contribution < 1.29 is 22.8 Å². The molecule has 1 fully saturated rings. The largest absolute Gasteiger partial charge is 0.354 e. The minimum atomic E-state index is -3.59. The zero-order chi connectivity index (χ0) is 24.7. The number of nitrogens with zero attached hydrogens (tertiary/aromatic N) is 1. The van der Waals surface area contributed by atoms with Crippen LogP contribution >= 0.6 is 0 Å². The summed E-state index contributed by atoms with van der Waals surface area (Å²) >= 11 is 0. The SMILES string of the molecule is CCN(CC)S(=O)(=O)c1ccc(C(=O)Nc2ccc(C(=O)NCCNC(=O)C3CC3)cc2)cc1. The standard InChI is InChI=1S/C24H30N4O5S/c1-3-28(4-2)34(32,33)21-13-9-19(10-14-21)24(31)27-20-11-7-18(8-12-20)23(30)26-16-15-25-22(29)17-5-6-17/h7-14,17H,3-6,15-16H2,1-2H3,(H,25,29)(H,26,30)(H,27,31). The van der Waals surface area contributed by atoms with Crippen LogP contribution in [0.5, 0.6) is 0 Å². The van der Waals surface area contributed by atoms with Crippen LogP contribution in [0.15, 0.2) is 53.4 Å². The highest BCUT2D eigenvalue weighted by Gasteiger charge is 2.29. The molecule has 3 rings (SSSR count). The second-order valence-corrected chi connectivity index (χ2v) is 9.90. The summed E-state index contributed by atoms with van der Waals surface area (Å²) < 4.78 is 26.5. The van der Waals surface area contributed by atoms with Gasteiger partial charge in [0.2, 0.25) is 15.9 Å². The molecule has 0 unspecified atom stereocenters. The highest BCUT2D eigenvalue weighted by Crippen LogP contribution is 2.28. The number of anilines is 1. The Bertz CT molecular complexity index is 1120. The Labute approximate surface area is 200 Å². The maximum atomic E-state index is 12.6. The average molecular weight is 487 g/mol. The first-order chi connectivity index (χ1) is 16.3. The number of hydrogen-bond donors (Lipinski definition) is 3. The lowest BCUT2D eigenvalue weighted by molar-refractivity contribution is -0.122. The van der Waals surface area contributed by atoms with Crippen LogP contribution in [0.4, 0.5) is 5.69 Å². The molecule has 1 saturated carbocycles. The van der Waals surface area contributed by atoms with E-state index in [4.69, 9.17) is 0 Å². The van der Waals surface area contributed by atoms with Crippen LogP contribution in [-0.4, -0.2) is 56.6 Å². The van der Waals surface area contributed by atoms with Gasteiger partial charge in [-0.05, 0) is 61.4 Å².